The van der Waals surface area contributed by atoms with Crippen molar-refractivity contribution >= 4 is 34.1 Å². The first kappa shape index (κ1) is 16.3. The van der Waals surface area contributed by atoms with Gasteiger partial charge in [-0.05, 0) is 48.9 Å². The Hall–Kier alpha value is -2.59. The number of fused-ring (bicyclic) bond motifs is 1. The quantitative estimate of drug-likeness (QED) is 0.716. The Bertz CT molecular complexity index is 880. The van der Waals surface area contributed by atoms with E-state index in [-0.39, 0.29) is 5.91 Å². The van der Waals surface area contributed by atoms with E-state index < -0.39 is 0 Å². The van der Waals surface area contributed by atoms with Gasteiger partial charge in [-0.1, -0.05) is 24.6 Å². The van der Waals surface area contributed by atoms with Crippen LogP contribution in [-0.2, 0) is 0 Å². The zero-order valence-electron chi connectivity index (χ0n) is 13.3. The third-order valence-electron chi connectivity index (χ3n) is 3.53. The minimum absolute atomic E-state index is 0.218. The molecule has 0 saturated heterocycles. The van der Waals surface area contributed by atoms with Gasteiger partial charge in [-0.2, -0.15) is 0 Å². The number of ether oxygens (including phenoxy) is 1. The van der Waals surface area contributed by atoms with Crippen molar-refractivity contribution in [3.8, 4) is 5.75 Å². The molecule has 0 aliphatic carbocycles. The zero-order valence-corrected chi connectivity index (χ0v) is 14.0. The number of nitrogens with zero attached hydrogens (tertiary/aromatic N) is 1. The lowest BCUT2D eigenvalue weighted by molar-refractivity contribution is 0.102. The van der Waals surface area contributed by atoms with Crippen LogP contribution in [0.25, 0.3) is 10.9 Å². The fourth-order valence-corrected chi connectivity index (χ4v) is 2.60. The molecule has 1 heterocycles. The van der Waals surface area contributed by atoms with Crippen LogP contribution in [0, 0.1) is 0 Å². The van der Waals surface area contributed by atoms with E-state index in [4.69, 9.17) is 16.3 Å². The van der Waals surface area contributed by atoms with Crippen LogP contribution in [-0.4, -0.2) is 17.5 Å². The van der Waals surface area contributed by atoms with E-state index in [1.54, 1.807) is 30.5 Å². The van der Waals surface area contributed by atoms with Crippen molar-refractivity contribution in [3.63, 3.8) is 0 Å². The van der Waals surface area contributed by atoms with E-state index in [2.05, 4.69) is 17.2 Å². The minimum atomic E-state index is -0.218. The van der Waals surface area contributed by atoms with Crippen molar-refractivity contribution in [1.82, 2.24) is 4.98 Å². The highest BCUT2D eigenvalue weighted by Crippen LogP contribution is 2.30. The standard InChI is InChI=1S/C19H17ClN2O2/c1-2-11-24-17-9-8-16(15-7-4-10-21-18(15)17)22-19(23)13-5-3-6-14(20)12-13/h3-10,12H,2,11H2,1H3,(H,22,23). The number of benzene rings is 2. The molecule has 0 spiro atoms. The lowest BCUT2D eigenvalue weighted by Gasteiger charge is -2.12. The summed E-state index contributed by atoms with van der Waals surface area (Å²) < 4.78 is 5.74. The molecule has 0 bridgehead atoms. The Balaban J connectivity index is 1.94. The number of pyridine rings is 1. The maximum atomic E-state index is 12.4. The Kier molecular flexibility index (Phi) is 4.96. The molecule has 4 nitrogen and oxygen atoms in total. The molecule has 2 aromatic carbocycles. The predicted octanol–water partition coefficient (Wildman–Crippen LogP) is 4.93. The summed E-state index contributed by atoms with van der Waals surface area (Å²) in [7, 11) is 0. The van der Waals surface area contributed by atoms with Gasteiger partial charge < -0.3 is 10.1 Å². The van der Waals surface area contributed by atoms with Gasteiger partial charge in [0.1, 0.15) is 11.3 Å². The Morgan fingerprint density at radius 2 is 2.08 bits per heavy atom. The molecule has 0 atom stereocenters. The maximum absolute atomic E-state index is 12.4. The van der Waals surface area contributed by atoms with E-state index in [1.807, 2.05) is 24.3 Å². The molecule has 0 aliphatic rings. The highest BCUT2D eigenvalue weighted by molar-refractivity contribution is 6.31. The van der Waals surface area contributed by atoms with E-state index >= 15 is 0 Å². The van der Waals surface area contributed by atoms with Crippen LogP contribution >= 0.6 is 11.6 Å². The van der Waals surface area contributed by atoms with Crippen LogP contribution in [0.4, 0.5) is 5.69 Å². The third kappa shape index (κ3) is 3.49. The van der Waals surface area contributed by atoms with Crippen LogP contribution in [0.3, 0.4) is 0 Å². The molecule has 122 valence electrons. The number of anilines is 1. The van der Waals surface area contributed by atoms with E-state index in [0.29, 0.717) is 28.6 Å². The third-order valence-corrected chi connectivity index (χ3v) is 3.76. The number of aromatic nitrogens is 1. The van der Waals surface area contributed by atoms with Gasteiger partial charge in [-0.3, -0.25) is 9.78 Å². The number of nitrogens with one attached hydrogen (secondary N) is 1. The smallest absolute Gasteiger partial charge is 0.255 e. The largest absolute Gasteiger partial charge is 0.491 e. The van der Waals surface area contributed by atoms with E-state index in [0.717, 1.165) is 17.3 Å². The number of carbonyl (C=O) groups excluding carboxylic acids is 1. The first-order valence-corrected chi connectivity index (χ1v) is 8.14. The van der Waals surface area contributed by atoms with Gasteiger partial charge in [-0.15, -0.1) is 0 Å². The molecular weight excluding hydrogens is 324 g/mol. The van der Waals surface area contributed by atoms with Crippen molar-refractivity contribution in [2.75, 3.05) is 11.9 Å². The molecule has 3 rings (SSSR count). The highest BCUT2D eigenvalue weighted by Gasteiger charge is 2.12. The Labute approximate surface area is 145 Å². The topological polar surface area (TPSA) is 51.2 Å². The summed E-state index contributed by atoms with van der Waals surface area (Å²) in [4.78, 5) is 16.8. The molecule has 1 aromatic heterocycles. The van der Waals surface area contributed by atoms with Gasteiger partial charge in [0.15, 0.2) is 0 Å². The molecule has 0 saturated carbocycles. The number of hydrogen-bond donors (Lipinski definition) is 1. The number of amides is 1. The van der Waals surface area contributed by atoms with Gasteiger partial charge in [0, 0.05) is 22.2 Å². The van der Waals surface area contributed by atoms with Crippen LogP contribution in [0.5, 0.6) is 5.75 Å². The van der Waals surface area contributed by atoms with Gasteiger partial charge in [0.05, 0.1) is 12.3 Å². The molecule has 24 heavy (non-hydrogen) atoms. The zero-order chi connectivity index (χ0) is 16.9. The average Bonchev–Trinajstić information content (AvgIpc) is 2.61. The van der Waals surface area contributed by atoms with Gasteiger partial charge in [0.25, 0.3) is 5.91 Å². The number of hydrogen-bond acceptors (Lipinski definition) is 3. The lowest BCUT2D eigenvalue weighted by Crippen LogP contribution is -2.12. The summed E-state index contributed by atoms with van der Waals surface area (Å²) in [6, 6.07) is 14.2. The molecule has 1 amide bonds. The first-order chi connectivity index (χ1) is 11.7. The maximum Gasteiger partial charge on any atom is 0.255 e. The summed E-state index contributed by atoms with van der Waals surface area (Å²) in [5, 5.41) is 4.28. The number of halogens is 1. The van der Waals surface area contributed by atoms with Crippen molar-refractivity contribution in [1.29, 1.82) is 0 Å². The highest BCUT2D eigenvalue weighted by atomic mass is 35.5. The average molecular weight is 341 g/mol. The second-order valence-electron chi connectivity index (χ2n) is 5.32. The Morgan fingerprint density at radius 1 is 1.21 bits per heavy atom. The van der Waals surface area contributed by atoms with Crippen LogP contribution in [0.15, 0.2) is 54.7 Å². The Morgan fingerprint density at radius 3 is 2.88 bits per heavy atom. The lowest BCUT2D eigenvalue weighted by atomic mass is 10.1. The van der Waals surface area contributed by atoms with Crippen molar-refractivity contribution in [2.24, 2.45) is 0 Å². The molecule has 0 radical (unpaired) electrons. The van der Waals surface area contributed by atoms with Gasteiger partial charge >= 0.3 is 0 Å². The van der Waals surface area contributed by atoms with Crippen molar-refractivity contribution in [2.45, 2.75) is 13.3 Å². The number of rotatable bonds is 5. The molecule has 1 N–H and O–H groups in total. The van der Waals surface area contributed by atoms with Crippen LogP contribution in [0.2, 0.25) is 5.02 Å². The fraction of sp³-hybridized carbons (Fsp3) is 0.158. The number of carbonyl (C=O) groups is 1. The van der Waals surface area contributed by atoms with E-state index in [9.17, 15) is 4.79 Å². The summed E-state index contributed by atoms with van der Waals surface area (Å²) in [5.74, 6) is 0.498. The molecule has 5 heteroatoms. The summed E-state index contributed by atoms with van der Waals surface area (Å²) >= 11 is 5.95. The monoisotopic (exact) mass is 340 g/mol. The van der Waals surface area contributed by atoms with Gasteiger partial charge in [-0.25, -0.2) is 0 Å². The normalized spacial score (nSPS) is 10.6. The fourth-order valence-electron chi connectivity index (χ4n) is 2.41. The summed E-state index contributed by atoms with van der Waals surface area (Å²) in [6.45, 7) is 2.68. The second kappa shape index (κ2) is 7.32. The molecule has 0 unspecified atom stereocenters. The predicted molar refractivity (Wildman–Crippen MR) is 96.9 cm³/mol. The molecular formula is C19H17ClN2O2. The van der Waals surface area contributed by atoms with Crippen molar-refractivity contribution < 1.29 is 9.53 Å². The van der Waals surface area contributed by atoms with E-state index in [1.165, 1.54) is 0 Å². The summed E-state index contributed by atoms with van der Waals surface area (Å²) in [5.41, 5.74) is 1.92. The van der Waals surface area contributed by atoms with Crippen LogP contribution < -0.4 is 10.1 Å². The van der Waals surface area contributed by atoms with Gasteiger partial charge in [0.2, 0.25) is 0 Å². The SMILES string of the molecule is CCCOc1ccc(NC(=O)c2cccc(Cl)c2)c2cccnc12. The minimum Gasteiger partial charge on any atom is -0.491 e. The summed E-state index contributed by atoms with van der Waals surface area (Å²) in [6.07, 6.45) is 2.63. The molecule has 3 aromatic rings. The molecule has 0 aliphatic heterocycles. The first-order valence-electron chi connectivity index (χ1n) is 7.76. The van der Waals surface area contributed by atoms with Crippen LogP contribution in [0.1, 0.15) is 23.7 Å². The second-order valence-corrected chi connectivity index (χ2v) is 5.76. The van der Waals surface area contributed by atoms with Crippen molar-refractivity contribution in [3.05, 3.63) is 65.3 Å². The molecule has 0 fully saturated rings.